The van der Waals surface area contributed by atoms with E-state index in [1.807, 2.05) is 0 Å². The third-order valence-electron chi connectivity index (χ3n) is 2.94. The predicted molar refractivity (Wildman–Crippen MR) is 65.1 cm³/mol. The van der Waals surface area contributed by atoms with E-state index in [4.69, 9.17) is 5.84 Å². The summed E-state index contributed by atoms with van der Waals surface area (Å²) in [4.78, 5) is 0. The maximum atomic E-state index is 13.5. The van der Waals surface area contributed by atoms with Crippen molar-refractivity contribution in [1.29, 1.82) is 0 Å². The quantitative estimate of drug-likeness (QED) is 0.447. The van der Waals surface area contributed by atoms with Gasteiger partial charge in [-0.1, -0.05) is 32.6 Å². The minimum Gasteiger partial charge on any atom is -0.271 e. The van der Waals surface area contributed by atoms with Gasteiger partial charge in [-0.2, -0.15) is 0 Å². The van der Waals surface area contributed by atoms with Gasteiger partial charge < -0.3 is 0 Å². The SMILES string of the molecule is CCCCCCC(NN)c1c(F)cc(F)cc1F. The summed E-state index contributed by atoms with van der Waals surface area (Å²) in [6.07, 6.45) is 4.49. The first kappa shape index (κ1) is 15.0. The molecule has 0 aliphatic heterocycles. The van der Waals surface area contributed by atoms with Crippen molar-refractivity contribution < 1.29 is 13.2 Å². The van der Waals surface area contributed by atoms with Gasteiger partial charge >= 0.3 is 0 Å². The molecule has 1 atom stereocenters. The number of nitrogens with two attached hydrogens (primary N) is 1. The van der Waals surface area contributed by atoms with Crippen LogP contribution in [0.15, 0.2) is 12.1 Å². The fourth-order valence-electron chi connectivity index (χ4n) is 1.97. The molecule has 0 saturated heterocycles. The van der Waals surface area contributed by atoms with Crippen LogP contribution in [0.3, 0.4) is 0 Å². The van der Waals surface area contributed by atoms with Gasteiger partial charge in [-0.25, -0.2) is 13.2 Å². The molecule has 18 heavy (non-hydrogen) atoms. The molecule has 1 aromatic carbocycles. The van der Waals surface area contributed by atoms with E-state index in [9.17, 15) is 13.2 Å². The number of benzene rings is 1. The van der Waals surface area contributed by atoms with E-state index in [0.29, 0.717) is 18.6 Å². The zero-order chi connectivity index (χ0) is 13.5. The molecule has 0 fully saturated rings. The zero-order valence-electron chi connectivity index (χ0n) is 10.5. The summed E-state index contributed by atoms with van der Waals surface area (Å²) in [7, 11) is 0. The van der Waals surface area contributed by atoms with Gasteiger partial charge in [0.2, 0.25) is 0 Å². The topological polar surface area (TPSA) is 38.0 Å². The Morgan fingerprint density at radius 3 is 2.22 bits per heavy atom. The van der Waals surface area contributed by atoms with Crippen molar-refractivity contribution in [2.24, 2.45) is 5.84 Å². The number of hydrogen-bond acceptors (Lipinski definition) is 2. The molecule has 0 amide bonds. The van der Waals surface area contributed by atoms with Gasteiger partial charge in [0.05, 0.1) is 6.04 Å². The highest BCUT2D eigenvalue weighted by Gasteiger charge is 2.20. The Labute approximate surface area is 105 Å². The lowest BCUT2D eigenvalue weighted by Crippen LogP contribution is -2.29. The van der Waals surface area contributed by atoms with Crippen molar-refractivity contribution in [3.8, 4) is 0 Å². The molecule has 5 heteroatoms. The van der Waals surface area contributed by atoms with E-state index in [1.54, 1.807) is 0 Å². The number of rotatable bonds is 7. The standard InChI is InChI=1S/C13H19F3N2/c1-2-3-4-5-6-12(18-17)13-10(15)7-9(14)8-11(13)16/h7-8,12,18H,2-6,17H2,1H3. The van der Waals surface area contributed by atoms with Crippen molar-refractivity contribution in [3.63, 3.8) is 0 Å². The van der Waals surface area contributed by atoms with Crippen LogP contribution in [0.4, 0.5) is 13.2 Å². The highest BCUT2D eigenvalue weighted by Crippen LogP contribution is 2.25. The molecule has 1 rings (SSSR count). The Hall–Kier alpha value is -1.07. The van der Waals surface area contributed by atoms with Crippen LogP contribution in [0.25, 0.3) is 0 Å². The second kappa shape index (κ2) is 7.38. The minimum absolute atomic E-state index is 0.185. The molecular weight excluding hydrogens is 241 g/mol. The van der Waals surface area contributed by atoms with Gasteiger partial charge in [-0.05, 0) is 6.42 Å². The molecule has 0 radical (unpaired) electrons. The van der Waals surface area contributed by atoms with Crippen LogP contribution < -0.4 is 11.3 Å². The molecule has 0 saturated carbocycles. The normalized spacial score (nSPS) is 12.7. The van der Waals surface area contributed by atoms with Crippen LogP contribution in [0.2, 0.25) is 0 Å². The van der Waals surface area contributed by atoms with Crippen molar-refractivity contribution in [1.82, 2.24) is 5.43 Å². The summed E-state index contributed by atoms with van der Waals surface area (Å²) >= 11 is 0. The second-order valence-corrected chi connectivity index (χ2v) is 4.35. The first-order chi connectivity index (χ1) is 8.60. The average Bonchev–Trinajstić information content (AvgIpc) is 2.31. The van der Waals surface area contributed by atoms with E-state index >= 15 is 0 Å². The number of hydrogen-bond donors (Lipinski definition) is 2. The van der Waals surface area contributed by atoms with Crippen LogP contribution in [-0.4, -0.2) is 0 Å². The van der Waals surface area contributed by atoms with Crippen LogP contribution in [0.1, 0.15) is 50.6 Å². The number of hydrazine groups is 1. The monoisotopic (exact) mass is 260 g/mol. The van der Waals surface area contributed by atoms with Crippen molar-refractivity contribution >= 4 is 0 Å². The van der Waals surface area contributed by atoms with E-state index in [-0.39, 0.29) is 5.56 Å². The van der Waals surface area contributed by atoms with Gasteiger partial charge in [0.1, 0.15) is 17.5 Å². The zero-order valence-corrected chi connectivity index (χ0v) is 10.5. The van der Waals surface area contributed by atoms with Crippen LogP contribution >= 0.6 is 0 Å². The predicted octanol–water partition coefficient (Wildman–Crippen LogP) is 3.58. The van der Waals surface area contributed by atoms with Crippen molar-refractivity contribution in [2.75, 3.05) is 0 Å². The van der Waals surface area contributed by atoms with E-state index in [0.717, 1.165) is 25.7 Å². The maximum absolute atomic E-state index is 13.5. The largest absolute Gasteiger partial charge is 0.271 e. The minimum atomic E-state index is -0.921. The molecule has 2 nitrogen and oxygen atoms in total. The lowest BCUT2D eigenvalue weighted by atomic mass is 9.99. The Kier molecular flexibility index (Phi) is 6.15. The summed E-state index contributed by atoms with van der Waals surface area (Å²) in [5, 5.41) is 0. The Morgan fingerprint density at radius 1 is 1.11 bits per heavy atom. The molecule has 0 aromatic heterocycles. The Morgan fingerprint density at radius 2 is 1.72 bits per heavy atom. The summed E-state index contributed by atoms with van der Waals surface area (Å²) in [6, 6.07) is 0.728. The summed E-state index contributed by atoms with van der Waals surface area (Å²) in [5.41, 5.74) is 2.21. The third-order valence-corrected chi connectivity index (χ3v) is 2.94. The molecule has 1 unspecified atom stereocenters. The number of halogens is 3. The van der Waals surface area contributed by atoms with E-state index in [1.165, 1.54) is 0 Å². The van der Waals surface area contributed by atoms with Crippen molar-refractivity contribution in [3.05, 3.63) is 35.1 Å². The molecule has 0 aliphatic rings. The molecule has 0 bridgehead atoms. The van der Waals surface area contributed by atoms with Crippen molar-refractivity contribution in [2.45, 2.75) is 45.1 Å². The van der Waals surface area contributed by atoms with E-state index in [2.05, 4.69) is 12.3 Å². The first-order valence-corrected chi connectivity index (χ1v) is 6.20. The average molecular weight is 260 g/mol. The Balaban J connectivity index is 2.75. The Bertz CT molecular complexity index is 359. The molecule has 102 valence electrons. The fraction of sp³-hybridized carbons (Fsp3) is 0.538. The summed E-state index contributed by atoms with van der Waals surface area (Å²) in [5.74, 6) is 2.60. The van der Waals surface area contributed by atoms with Crippen LogP contribution in [0.5, 0.6) is 0 Å². The first-order valence-electron chi connectivity index (χ1n) is 6.20. The molecule has 0 aliphatic carbocycles. The third kappa shape index (κ3) is 3.99. The molecule has 3 N–H and O–H groups in total. The fourth-order valence-corrected chi connectivity index (χ4v) is 1.97. The number of unbranched alkanes of at least 4 members (excludes halogenated alkanes) is 3. The maximum Gasteiger partial charge on any atom is 0.133 e. The lowest BCUT2D eigenvalue weighted by molar-refractivity contribution is 0.430. The lowest BCUT2D eigenvalue weighted by Gasteiger charge is -2.17. The van der Waals surface area contributed by atoms with Gasteiger partial charge in [0.15, 0.2) is 0 Å². The van der Waals surface area contributed by atoms with Crippen LogP contribution in [0, 0.1) is 17.5 Å². The van der Waals surface area contributed by atoms with Gasteiger partial charge in [0.25, 0.3) is 0 Å². The smallest absolute Gasteiger partial charge is 0.133 e. The van der Waals surface area contributed by atoms with Gasteiger partial charge in [-0.15, -0.1) is 0 Å². The van der Waals surface area contributed by atoms with Gasteiger partial charge in [-0.3, -0.25) is 11.3 Å². The van der Waals surface area contributed by atoms with E-state index < -0.39 is 23.5 Å². The second-order valence-electron chi connectivity index (χ2n) is 4.35. The molecule has 0 spiro atoms. The molecule has 0 heterocycles. The molecule has 1 aromatic rings. The van der Waals surface area contributed by atoms with Gasteiger partial charge in [0, 0.05) is 17.7 Å². The number of nitrogens with one attached hydrogen (secondary N) is 1. The molecular formula is C13H19F3N2. The highest BCUT2D eigenvalue weighted by atomic mass is 19.1. The van der Waals surface area contributed by atoms with Crippen LogP contribution in [-0.2, 0) is 0 Å². The summed E-state index contributed by atoms with van der Waals surface area (Å²) < 4.78 is 39.9. The summed E-state index contributed by atoms with van der Waals surface area (Å²) in [6.45, 7) is 2.08. The highest BCUT2D eigenvalue weighted by molar-refractivity contribution is 5.24.